The third-order valence-corrected chi connectivity index (χ3v) is 6.93. The summed E-state index contributed by atoms with van der Waals surface area (Å²) in [5.74, 6) is 0.528. The summed E-state index contributed by atoms with van der Waals surface area (Å²) in [4.78, 5) is 9.47. The summed E-state index contributed by atoms with van der Waals surface area (Å²) in [6.07, 6.45) is 2.56. The molecule has 0 aliphatic carbocycles. The van der Waals surface area contributed by atoms with Gasteiger partial charge >= 0.3 is 0 Å². The molecule has 0 fully saturated rings. The second kappa shape index (κ2) is 11.2. The summed E-state index contributed by atoms with van der Waals surface area (Å²) in [5.41, 5.74) is 9.01. The van der Waals surface area contributed by atoms with E-state index in [4.69, 9.17) is 9.40 Å². The first-order chi connectivity index (χ1) is 18.8. The van der Waals surface area contributed by atoms with Crippen molar-refractivity contribution in [3.8, 4) is 39.6 Å². The van der Waals surface area contributed by atoms with Crippen molar-refractivity contribution in [1.29, 1.82) is 0 Å². The SMILES string of the molecule is CC(C)(C)c1cc(-c2ccccn2)[c-]c(-c2cccc3oc(-c4cc(Cc5ccccc5)ccc4O)nc23)c1.[Pt]. The summed E-state index contributed by atoms with van der Waals surface area (Å²) in [5, 5.41) is 10.7. The number of aromatic hydroxyl groups is 1. The minimum absolute atomic E-state index is 0. The topological polar surface area (TPSA) is 59.2 Å². The van der Waals surface area contributed by atoms with Crippen LogP contribution in [0.25, 0.3) is 44.9 Å². The molecule has 6 aromatic rings. The fourth-order valence-electron chi connectivity index (χ4n) is 4.79. The van der Waals surface area contributed by atoms with Crippen molar-refractivity contribution in [1.82, 2.24) is 9.97 Å². The smallest absolute Gasteiger partial charge is 0.230 e. The van der Waals surface area contributed by atoms with E-state index < -0.39 is 0 Å². The number of rotatable bonds is 5. The standard InChI is InChI=1S/C35H29N2O2.Pt/c1-35(2,3)27-21-25(20-26(22-27)30-13-7-8-17-36-30)28-12-9-14-32-33(28)37-34(39-32)29-19-24(15-16-31(29)38)18-23-10-5-4-6-11-23;/h4-17,19,21-22,38H,18H2,1-3H3;/q-1;. The Morgan fingerprint density at radius 2 is 1.55 bits per heavy atom. The van der Waals surface area contributed by atoms with Crippen LogP contribution in [0.2, 0.25) is 0 Å². The second-order valence-corrected chi connectivity index (χ2v) is 10.8. The van der Waals surface area contributed by atoms with E-state index in [9.17, 15) is 5.11 Å². The number of aromatic nitrogens is 2. The molecule has 0 unspecified atom stereocenters. The van der Waals surface area contributed by atoms with Gasteiger partial charge in [0.25, 0.3) is 0 Å². The Morgan fingerprint density at radius 1 is 0.775 bits per heavy atom. The van der Waals surface area contributed by atoms with Crippen LogP contribution in [-0.2, 0) is 32.9 Å². The number of hydrogen-bond donors (Lipinski definition) is 1. The molecule has 0 radical (unpaired) electrons. The van der Waals surface area contributed by atoms with Crippen molar-refractivity contribution in [2.45, 2.75) is 32.6 Å². The van der Waals surface area contributed by atoms with E-state index in [1.807, 2.05) is 66.7 Å². The Labute approximate surface area is 249 Å². The number of fused-ring (bicyclic) bond motifs is 1. The van der Waals surface area contributed by atoms with Crippen molar-refractivity contribution in [3.05, 3.63) is 126 Å². The summed E-state index contributed by atoms with van der Waals surface area (Å²) in [6.45, 7) is 6.61. The number of benzene rings is 4. The Balaban J connectivity index is 0.00000323. The molecule has 0 amide bonds. The second-order valence-electron chi connectivity index (χ2n) is 10.8. The molecule has 40 heavy (non-hydrogen) atoms. The van der Waals surface area contributed by atoms with Gasteiger partial charge in [-0.1, -0.05) is 92.6 Å². The maximum absolute atomic E-state index is 10.7. The number of para-hydroxylation sites is 1. The summed E-state index contributed by atoms with van der Waals surface area (Å²) in [6, 6.07) is 35.6. The van der Waals surface area contributed by atoms with Gasteiger partial charge in [0, 0.05) is 33.0 Å². The molecule has 0 saturated carbocycles. The Bertz CT molecular complexity index is 1770. The largest absolute Gasteiger partial charge is 0.507 e. The molecule has 0 atom stereocenters. The Hall–Kier alpha value is -4.01. The first-order valence-electron chi connectivity index (χ1n) is 13.1. The minimum Gasteiger partial charge on any atom is -0.507 e. The zero-order valence-corrected chi connectivity index (χ0v) is 24.9. The van der Waals surface area contributed by atoms with Gasteiger partial charge in [-0.25, -0.2) is 4.98 Å². The predicted molar refractivity (Wildman–Crippen MR) is 157 cm³/mol. The fraction of sp³-hybridized carbons (Fsp3) is 0.143. The molecule has 5 heteroatoms. The van der Waals surface area contributed by atoms with Crippen molar-refractivity contribution >= 4 is 11.1 Å². The molecule has 1 N–H and O–H groups in total. The zero-order valence-electron chi connectivity index (χ0n) is 22.6. The van der Waals surface area contributed by atoms with E-state index in [2.05, 4.69) is 56.1 Å². The van der Waals surface area contributed by atoms with E-state index in [0.717, 1.165) is 39.9 Å². The first kappa shape index (κ1) is 27.6. The van der Waals surface area contributed by atoms with E-state index in [-0.39, 0.29) is 32.2 Å². The van der Waals surface area contributed by atoms with Crippen molar-refractivity contribution in [2.75, 3.05) is 0 Å². The van der Waals surface area contributed by atoms with Gasteiger partial charge in [-0.3, -0.25) is 4.98 Å². The van der Waals surface area contributed by atoms with Gasteiger partial charge < -0.3 is 9.52 Å². The average Bonchev–Trinajstić information content (AvgIpc) is 3.39. The van der Waals surface area contributed by atoms with Gasteiger partial charge in [0.05, 0.1) is 11.1 Å². The van der Waals surface area contributed by atoms with Crippen molar-refractivity contribution < 1.29 is 30.6 Å². The molecule has 0 saturated heterocycles. The molecule has 0 bridgehead atoms. The van der Waals surface area contributed by atoms with Crippen LogP contribution in [0.1, 0.15) is 37.5 Å². The van der Waals surface area contributed by atoms with Crippen molar-refractivity contribution in [3.63, 3.8) is 0 Å². The minimum atomic E-state index is -0.0682. The average molecular weight is 705 g/mol. The molecule has 2 aromatic heterocycles. The molecule has 4 aromatic carbocycles. The van der Waals surface area contributed by atoms with Crippen LogP contribution in [-0.4, -0.2) is 15.1 Å². The molecule has 4 nitrogen and oxygen atoms in total. The van der Waals surface area contributed by atoms with Gasteiger partial charge in [0.15, 0.2) is 0 Å². The Kier molecular flexibility index (Phi) is 7.74. The molecule has 0 aliphatic rings. The van der Waals surface area contributed by atoms with Gasteiger partial charge in [0.2, 0.25) is 5.89 Å². The zero-order chi connectivity index (χ0) is 27.0. The van der Waals surface area contributed by atoms with Crippen LogP contribution in [0.4, 0.5) is 0 Å². The van der Waals surface area contributed by atoms with E-state index in [1.165, 1.54) is 11.1 Å². The number of phenols is 1. The van der Waals surface area contributed by atoms with Crippen LogP contribution < -0.4 is 0 Å². The van der Waals surface area contributed by atoms with Gasteiger partial charge in [-0.05, 0) is 47.2 Å². The number of phenolic OH excluding ortho intramolecular Hbond substituents is 1. The Morgan fingerprint density at radius 3 is 2.30 bits per heavy atom. The van der Waals surface area contributed by atoms with E-state index in [0.29, 0.717) is 17.0 Å². The molecule has 2 heterocycles. The monoisotopic (exact) mass is 704 g/mol. The van der Waals surface area contributed by atoms with Gasteiger partial charge in [-0.2, -0.15) is 0 Å². The fourth-order valence-corrected chi connectivity index (χ4v) is 4.79. The van der Waals surface area contributed by atoms with Crippen LogP contribution in [0, 0.1) is 6.07 Å². The number of nitrogens with zero attached hydrogens (tertiary/aromatic N) is 2. The van der Waals surface area contributed by atoms with Crippen molar-refractivity contribution in [2.24, 2.45) is 0 Å². The van der Waals surface area contributed by atoms with E-state index in [1.54, 1.807) is 12.3 Å². The summed E-state index contributed by atoms with van der Waals surface area (Å²) in [7, 11) is 0. The van der Waals surface area contributed by atoms with Crippen LogP contribution in [0.3, 0.4) is 0 Å². The van der Waals surface area contributed by atoms with Gasteiger partial charge in [0.1, 0.15) is 11.3 Å². The molecular weight excluding hydrogens is 675 g/mol. The third kappa shape index (κ3) is 5.64. The van der Waals surface area contributed by atoms with Gasteiger partial charge in [-0.15, -0.1) is 29.3 Å². The molecule has 202 valence electrons. The maximum Gasteiger partial charge on any atom is 0.230 e. The first-order valence-corrected chi connectivity index (χ1v) is 13.1. The predicted octanol–water partition coefficient (Wildman–Crippen LogP) is 8.62. The van der Waals surface area contributed by atoms with Crippen LogP contribution >= 0.6 is 0 Å². The third-order valence-electron chi connectivity index (χ3n) is 6.93. The quantitative estimate of drug-likeness (QED) is 0.183. The molecular formula is C35H29N2O2Pt-. The number of oxazole rings is 1. The summed E-state index contributed by atoms with van der Waals surface area (Å²) < 4.78 is 6.22. The van der Waals surface area contributed by atoms with Crippen LogP contribution in [0.5, 0.6) is 5.75 Å². The summed E-state index contributed by atoms with van der Waals surface area (Å²) >= 11 is 0. The molecule has 6 rings (SSSR count). The molecule has 0 aliphatic heterocycles. The molecule has 0 spiro atoms. The maximum atomic E-state index is 10.7. The van der Waals surface area contributed by atoms with E-state index >= 15 is 0 Å². The van der Waals surface area contributed by atoms with Crippen LogP contribution in [0.15, 0.2) is 108 Å². The normalized spacial score (nSPS) is 11.4. The number of hydrogen-bond acceptors (Lipinski definition) is 4. The number of pyridine rings is 1.